The van der Waals surface area contributed by atoms with E-state index in [2.05, 4.69) is 4.98 Å². The summed E-state index contributed by atoms with van der Waals surface area (Å²) in [5.74, 6) is -0.398. The van der Waals surface area contributed by atoms with Crippen LogP contribution in [-0.2, 0) is 16.2 Å². The highest BCUT2D eigenvalue weighted by atomic mass is 32.2. The summed E-state index contributed by atoms with van der Waals surface area (Å²) in [4.78, 5) is 5.88. The maximum Gasteiger partial charge on any atom is 0.417 e. The van der Waals surface area contributed by atoms with Gasteiger partial charge in [-0.2, -0.15) is 22.7 Å². The summed E-state index contributed by atoms with van der Waals surface area (Å²) >= 11 is 0. The number of halogens is 4. The van der Waals surface area contributed by atoms with Crippen molar-refractivity contribution in [2.75, 3.05) is 31.1 Å². The molecule has 180 valence electrons. The van der Waals surface area contributed by atoms with Crippen molar-refractivity contribution in [3.8, 4) is 6.07 Å². The van der Waals surface area contributed by atoms with Crippen LogP contribution in [0.25, 0.3) is 16.7 Å². The molecule has 0 radical (unpaired) electrons. The van der Waals surface area contributed by atoms with E-state index in [1.165, 1.54) is 20.8 Å². The molecule has 2 aromatic carbocycles. The van der Waals surface area contributed by atoms with Gasteiger partial charge in [-0.3, -0.25) is 4.40 Å². The Balaban J connectivity index is 1.57. The highest BCUT2D eigenvalue weighted by Gasteiger charge is 2.38. The Kier molecular flexibility index (Phi) is 5.41. The fourth-order valence-corrected chi connectivity index (χ4v) is 5.71. The molecular weight excluding hydrogens is 486 g/mol. The van der Waals surface area contributed by atoms with Crippen molar-refractivity contribution in [2.24, 2.45) is 0 Å². The molecule has 2 aromatic heterocycles. The number of nitriles is 1. The van der Waals surface area contributed by atoms with E-state index in [0.717, 1.165) is 18.2 Å². The molecule has 0 bridgehead atoms. The Morgan fingerprint density at radius 2 is 1.63 bits per heavy atom. The molecule has 0 amide bonds. The molecule has 12 heteroatoms. The molecule has 7 nitrogen and oxygen atoms in total. The molecule has 5 rings (SSSR count). The molecule has 4 aromatic rings. The smallest absolute Gasteiger partial charge is 0.355 e. The molecule has 0 spiro atoms. The van der Waals surface area contributed by atoms with Crippen LogP contribution >= 0.6 is 0 Å². The first-order valence-electron chi connectivity index (χ1n) is 10.5. The minimum Gasteiger partial charge on any atom is -0.355 e. The summed E-state index contributed by atoms with van der Waals surface area (Å²) in [5, 5.41) is 9.54. The van der Waals surface area contributed by atoms with Crippen molar-refractivity contribution in [2.45, 2.75) is 11.1 Å². The van der Waals surface area contributed by atoms with Crippen LogP contribution in [0.3, 0.4) is 0 Å². The summed E-state index contributed by atoms with van der Waals surface area (Å²) in [5.41, 5.74) is -0.819. The predicted octanol–water partition coefficient (Wildman–Crippen LogP) is 4.03. The number of rotatable bonds is 3. The van der Waals surface area contributed by atoms with Crippen LogP contribution in [0.1, 0.15) is 11.1 Å². The zero-order valence-corrected chi connectivity index (χ0v) is 18.8. The monoisotopic (exact) mass is 503 g/mol. The number of aromatic nitrogens is 2. The third kappa shape index (κ3) is 3.86. The van der Waals surface area contributed by atoms with Gasteiger partial charge in [0.25, 0.3) is 0 Å². The minimum absolute atomic E-state index is 0.00911. The van der Waals surface area contributed by atoms with Crippen molar-refractivity contribution in [3.63, 3.8) is 0 Å². The number of imidazole rings is 1. The van der Waals surface area contributed by atoms with Gasteiger partial charge >= 0.3 is 6.18 Å². The first kappa shape index (κ1) is 23.1. The Morgan fingerprint density at radius 3 is 2.26 bits per heavy atom. The lowest BCUT2D eigenvalue weighted by molar-refractivity contribution is -0.137. The molecule has 3 heterocycles. The molecule has 1 aliphatic heterocycles. The number of anilines is 1. The van der Waals surface area contributed by atoms with E-state index in [1.54, 1.807) is 35.2 Å². The molecule has 1 fully saturated rings. The van der Waals surface area contributed by atoms with Gasteiger partial charge in [0.1, 0.15) is 23.3 Å². The summed E-state index contributed by atoms with van der Waals surface area (Å²) in [7, 11) is -3.90. The minimum atomic E-state index is -4.78. The second-order valence-electron chi connectivity index (χ2n) is 8.01. The van der Waals surface area contributed by atoms with Gasteiger partial charge in [0.05, 0.1) is 21.5 Å². The molecule has 0 unspecified atom stereocenters. The van der Waals surface area contributed by atoms with Gasteiger partial charge in [-0.15, -0.1) is 0 Å². The van der Waals surface area contributed by atoms with Crippen LogP contribution in [0.5, 0.6) is 0 Å². The maximum atomic E-state index is 13.9. The highest BCUT2D eigenvalue weighted by Crippen LogP contribution is 2.38. The molecule has 0 aliphatic carbocycles. The largest absolute Gasteiger partial charge is 0.417 e. The van der Waals surface area contributed by atoms with Crippen molar-refractivity contribution >= 4 is 32.5 Å². The number of sulfonamides is 1. The normalized spacial score (nSPS) is 15.6. The van der Waals surface area contributed by atoms with Crippen LogP contribution in [0.4, 0.5) is 23.4 Å². The fourth-order valence-electron chi connectivity index (χ4n) is 4.29. The van der Waals surface area contributed by atoms with Crippen molar-refractivity contribution in [3.05, 3.63) is 71.5 Å². The number of pyridine rings is 1. The average Bonchev–Trinajstić information content (AvgIpc) is 3.22. The molecular formula is C23H17F4N5O2S. The van der Waals surface area contributed by atoms with E-state index in [1.807, 2.05) is 0 Å². The molecule has 0 saturated carbocycles. The first-order valence-corrected chi connectivity index (χ1v) is 12.0. The van der Waals surface area contributed by atoms with Crippen molar-refractivity contribution < 1.29 is 26.0 Å². The van der Waals surface area contributed by atoms with E-state index >= 15 is 0 Å². The van der Waals surface area contributed by atoms with Gasteiger partial charge in [0.15, 0.2) is 5.65 Å². The number of fused-ring (bicyclic) bond motifs is 3. The van der Waals surface area contributed by atoms with E-state index in [9.17, 15) is 31.2 Å². The Bertz CT molecular complexity index is 1580. The molecule has 1 saturated heterocycles. The maximum absolute atomic E-state index is 13.9. The lowest BCUT2D eigenvalue weighted by atomic mass is 10.1. The van der Waals surface area contributed by atoms with Gasteiger partial charge in [0, 0.05) is 26.2 Å². The zero-order valence-electron chi connectivity index (χ0n) is 18.0. The van der Waals surface area contributed by atoms with E-state index in [4.69, 9.17) is 0 Å². The number of para-hydroxylation sites is 2. The SMILES string of the molecule is N#Cc1c(C(F)(F)F)cc(N2CCN(S(=O)(=O)c3ccc(F)cc3)CC2)n2c1nc1ccccc12. The van der Waals surface area contributed by atoms with Gasteiger partial charge in [0.2, 0.25) is 10.0 Å². The third-order valence-corrected chi connectivity index (χ3v) is 7.90. The lowest BCUT2D eigenvalue weighted by Crippen LogP contribution is -2.49. The standard InChI is InChI=1S/C23H17F4N5O2S/c24-15-5-7-16(8-6-15)35(33,34)31-11-9-30(10-12-31)21-13-18(23(25,26)27)17(14-28)22-29-19-3-1-2-4-20(19)32(21)22/h1-8,13H,9-12H2. The predicted molar refractivity (Wildman–Crippen MR) is 120 cm³/mol. The molecule has 0 atom stereocenters. The van der Waals surface area contributed by atoms with E-state index < -0.39 is 33.1 Å². The topological polar surface area (TPSA) is 81.7 Å². The van der Waals surface area contributed by atoms with E-state index in [-0.39, 0.29) is 42.5 Å². The third-order valence-electron chi connectivity index (χ3n) is 5.99. The molecule has 0 N–H and O–H groups in total. The fraction of sp³-hybridized carbons (Fsp3) is 0.217. The zero-order chi connectivity index (χ0) is 25.0. The van der Waals surface area contributed by atoms with E-state index in [0.29, 0.717) is 11.0 Å². The highest BCUT2D eigenvalue weighted by molar-refractivity contribution is 7.89. The van der Waals surface area contributed by atoms with Crippen molar-refractivity contribution in [1.29, 1.82) is 5.26 Å². The van der Waals surface area contributed by atoms with Gasteiger partial charge < -0.3 is 4.90 Å². The number of hydrogen-bond acceptors (Lipinski definition) is 5. The summed E-state index contributed by atoms with van der Waals surface area (Å²) in [6.45, 7) is 0.223. The van der Waals surface area contributed by atoms with Crippen LogP contribution in [-0.4, -0.2) is 48.3 Å². The summed E-state index contributed by atoms with van der Waals surface area (Å²) in [6.07, 6.45) is -4.78. The van der Waals surface area contributed by atoms with Crippen LogP contribution in [0.2, 0.25) is 0 Å². The number of nitrogens with zero attached hydrogens (tertiary/aromatic N) is 5. The average molecular weight is 503 g/mol. The molecule has 35 heavy (non-hydrogen) atoms. The number of piperazine rings is 1. The Hall–Kier alpha value is -3.69. The van der Waals surface area contributed by atoms with Crippen molar-refractivity contribution in [1.82, 2.24) is 13.7 Å². The number of hydrogen-bond donors (Lipinski definition) is 0. The van der Waals surface area contributed by atoms with Gasteiger partial charge in [-0.25, -0.2) is 17.8 Å². The lowest BCUT2D eigenvalue weighted by Gasteiger charge is -2.36. The quantitative estimate of drug-likeness (QED) is 0.395. The molecule has 1 aliphatic rings. The second kappa shape index (κ2) is 8.21. The second-order valence-corrected chi connectivity index (χ2v) is 9.94. The van der Waals surface area contributed by atoms with Crippen LogP contribution < -0.4 is 4.90 Å². The van der Waals surface area contributed by atoms with Crippen LogP contribution in [0.15, 0.2) is 59.5 Å². The summed E-state index contributed by atoms with van der Waals surface area (Å²) in [6, 6.07) is 13.8. The number of alkyl halides is 3. The van der Waals surface area contributed by atoms with Gasteiger partial charge in [-0.05, 0) is 42.5 Å². The number of benzene rings is 2. The summed E-state index contributed by atoms with van der Waals surface area (Å²) < 4.78 is 83.5. The van der Waals surface area contributed by atoms with Crippen LogP contribution in [0, 0.1) is 17.1 Å². The Morgan fingerprint density at radius 1 is 0.971 bits per heavy atom. The Labute approximate surface area is 197 Å². The van der Waals surface area contributed by atoms with Gasteiger partial charge in [-0.1, -0.05) is 12.1 Å². The first-order chi connectivity index (χ1) is 16.6.